The monoisotopic (exact) mass is 244 g/mol. The lowest BCUT2D eigenvalue weighted by atomic mass is 10.1. The van der Waals surface area contributed by atoms with Gasteiger partial charge in [0.05, 0.1) is 11.4 Å². The molecule has 18 heavy (non-hydrogen) atoms. The molecule has 0 fully saturated rings. The Bertz CT molecular complexity index is 558. The van der Waals surface area contributed by atoms with Gasteiger partial charge in [-0.15, -0.1) is 5.10 Å². The summed E-state index contributed by atoms with van der Waals surface area (Å²) in [5, 5.41) is 14.9. The predicted molar refractivity (Wildman–Crippen MR) is 65.2 cm³/mol. The summed E-state index contributed by atoms with van der Waals surface area (Å²) in [5.74, 6) is -0.195. The highest BCUT2D eigenvalue weighted by atomic mass is 16.2. The van der Waals surface area contributed by atoms with Gasteiger partial charge in [0, 0.05) is 6.92 Å². The van der Waals surface area contributed by atoms with Crippen molar-refractivity contribution in [3.63, 3.8) is 0 Å². The fourth-order valence-corrected chi connectivity index (χ4v) is 1.36. The van der Waals surface area contributed by atoms with Gasteiger partial charge < -0.3 is 0 Å². The van der Waals surface area contributed by atoms with Crippen LogP contribution in [0, 0.1) is 0 Å². The zero-order valence-electron chi connectivity index (χ0n) is 10.0. The number of nitrogens with zero attached hydrogens (tertiary/aromatic N) is 5. The number of benzene rings is 1. The summed E-state index contributed by atoms with van der Waals surface area (Å²) in [6.07, 6.45) is 1.52. The Morgan fingerprint density at radius 1 is 1.28 bits per heavy atom. The van der Waals surface area contributed by atoms with Crippen LogP contribution in [-0.4, -0.2) is 31.8 Å². The first kappa shape index (κ1) is 11.9. The number of rotatable bonds is 3. The SMILES string of the molecule is CC(=O)N/N=C(/C)c1ccc(-n2cnnn2)cc1. The number of tetrazole rings is 1. The van der Waals surface area contributed by atoms with E-state index in [-0.39, 0.29) is 5.91 Å². The van der Waals surface area contributed by atoms with Crippen LogP contribution in [0.3, 0.4) is 0 Å². The van der Waals surface area contributed by atoms with Crippen LogP contribution in [0.5, 0.6) is 0 Å². The Morgan fingerprint density at radius 3 is 2.56 bits per heavy atom. The molecule has 2 rings (SSSR count). The Kier molecular flexibility index (Phi) is 3.42. The second-order valence-corrected chi connectivity index (χ2v) is 3.67. The first-order chi connectivity index (χ1) is 8.66. The highest BCUT2D eigenvalue weighted by Crippen LogP contribution is 2.08. The molecule has 1 amide bonds. The molecule has 7 nitrogen and oxygen atoms in total. The van der Waals surface area contributed by atoms with E-state index in [0.29, 0.717) is 0 Å². The van der Waals surface area contributed by atoms with Crippen LogP contribution in [0.4, 0.5) is 0 Å². The Morgan fingerprint density at radius 2 is 2.00 bits per heavy atom. The van der Waals surface area contributed by atoms with Gasteiger partial charge in [0.2, 0.25) is 5.91 Å². The molecule has 1 aromatic heterocycles. The van der Waals surface area contributed by atoms with Gasteiger partial charge in [-0.3, -0.25) is 4.79 Å². The first-order valence-electron chi connectivity index (χ1n) is 5.31. The van der Waals surface area contributed by atoms with Crippen molar-refractivity contribution >= 4 is 11.6 Å². The average Bonchev–Trinajstić information content (AvgIpc) is 2.90. The molecule has 0 radical (unpaired) electrons. The Balaban J connectivity index is 2.17. The maximum absolute atomic E-state index is 10.7. The van der Waals surface area contributed by atoms with E-state index in [1.165, 1.54) is 13.3 Å². The highest BCUT2D eigenvalue weighted by Gasteiger charge is 2.01. The molecule has 0 bridgehead atoms. The molecule has 0 saturated heterocycles. The summed E-state index contributed by atoms with van der Waals surface area (Å²) >= 11 is 0. The molecule has 2 aromatic rings. The maximum Gasteiger partial charge on any atom is 0.236 e. The lowest BCUT2D eigenvalue weighted by Crippen LogP contribution is -2.15. The largest absolute Gasteiger partial charge is 0.274 e. The number of amides is 1. The minimum atomic E-state index is -0.195. The lowest BCUT2D eigenvalue weighted by Gasteiger charge is -2.03. The van der Waals surface area contributed by atoms with Crippen molar-refractivity contribution in [2.75, 3.05) is 0 Å². The van der Waals surface area contributed by atoms with E-state index >= 15 is 0 Å². The van der Waals surface area contributed by atoms with Crippen LogP contribution in [-0.2, 0) is 4.79 Å². The highest BCUT2D eigenvalue weighted by molar-refractivity contribution is 5.99. The van der Waals surface area contributed by atoms with Crippen LogP contribution in [0.15, 0.2) is 35.7 Å². The Labute approximate surface area is 104 Å². The summed E-state index contributed by atoms with van der Waals surface area (Å²) in [7, 11) is 0. The molecule has 0 aliphatic heterocycles. The molecule has 0 spiro atoms. The van der Waals surface area contributed by atoms with Crippen LogP contribution >= 0.6 is 0 Å². The van der Waals surface area contributed by atoms with Gasteiger partial charge in [-0.1, -0.05) is 12.1 Å². The van der Waals surface area contributed by atoms with Gasteiger partial charge in [-0.25, -0.2) is 10.1 Å². The van der Waals surface area contributed by atoms with Crippen LogP contribution < -0.4 is 5.43 Å². The van der Waals surface area contributed by atoms with E-state index in [1.54, 1.807) is 4.68 Å². The zero-order chi connectivity index (χ0) is 13.0. The maximum atomic E-state index is 10.7. The van der Waals surface area contributed by atoms with Crippen molar-refractivity contribution in [2.24, 2.45) is 5.10 Å². The molecule has 1 heterocycles. The summed E-state index contributed by atoms with van der Waals surface area (Å²) in [5.41, 5.74) is 4.90. The normalized spacial score (nSPS) is 11.3. The van der Waals surface area contributed by atoms with E-state index < -0.39 is 0 Å². The predicted octanol–water partition coefficient (Wildman–Crippen LogP) is 0.522. The summed E-state index contributed by atoms with van der Waals surface area (Å²) < 4.78 is 1.56. The van der Waals surface area contributed by atoms with Crippen molar-refractivity contribution in [2.45, 2.75) is 13.8 Å². The second kappa shape index (κ2) is 5.17. The number of carbonyl (C=O) groups is 1. The van der Waals surface area contributed by atoms with Gasteiger partial charge in [-0.05, 0) is 35.0 Å². The van der Waals surface area contributed by atoms with Crippen molar-refractivity contribution in [1.29, 1.82) is 0 Å². The molecule has 0 saturated carbocycles. The quantitative estimate of drug-likeness (QED) is 0.630. The molecule has 7 heteroatoms. The standard InChI is InChI=1S/C11H12N6O/c1-8(13-14-9(2)18)10-3-5-11(6-4-10)17-7-12-15-16-17/h3-7H,1-2H3,(H,14,18)/b13-8-. The summed E-state index contributed by atoms with van der Waals surface area (Å²) in [6.45, 7) is 3.24. The fraction of sp³-hybridized carbons (Fsp3) is 0.182. The van der Waals surface area contributed by atoms with Crippen molar-refractivity contribution in [1.82, 2.24) is 25.6 Å². The Hall–Kier alpha value is -2.57. The third kappa shape index (κ3) is 2.76. The molecular weight excluding hydrogens is 232 g/mol. The minimum absolute atomic E-state index is 0.195. The third-order valence-electron chi connectivity index (χ3n) is 2.28. The third-order valence-corrected chi connectivity index (χ3v) is 2.28. The fourth-order valence-electron chi connectivity index (χ4n) is 1.36. The smallest absolute Gasteiger partial charge is 0.236 e. The molecular formula is C11H12N6O. The van der Waals surface area contributed by atoms with Crippen molar-refractivity contribution in [3.05, 3.63) is 36.2 Å². The second-order valence-electron chi connectivity index (χ2n) is 3.67. The van der Waals surface area contributed by atoms with Crippen molar-refractivity contribution < 1.29 is 4.79 Å². The number of carbonyl (C=O) groups excluding carboxylic acids is 1. The molecule has 0 atom stereocenters. The minimum Gasteiger partial charge on any atom is -0.274 e. The van der Waals surface area contributed by atoms with Gasteiger partial charge in [-0.2, -0.15) is 5.10 Å². The molecule has 0 aliphatic carbocycles. The van der Waals surface area contributed by atoms with Crippen molar-refractivity contribution in [3.8, 4) is 5.69 Å². The summed E-state index contributed by atoms with van der Waals surface area (Å²) in [6, 6.07) is 7.52. The summed E-state index contributed by atoms with van der Waals surface area (Å²) in [4.78, 5) is 10.7. The number of hydrazone groups is 1. The molecule has 0 aliphatic rings. The van der Waals surface area contributed by atoms with Crippen LogP contribution in [0.25, 0.3) is 5.69 Å². The van der Waals surface area contributed by atoms with E-state index in [9.17, 15) is 4.79 Å². The first-order valence-corrected chi connectivity index (χ1v) is 5.31. The molecule has 1 aromatic carbocycles. The topological polar surface area (TPSA) is 85.1 Å². The van der Waals surface area contributed by atoms with Crippen LogP contribution in [0.1, 0.15) is 19.4 Å². The van der Waals surface area contributed by atoms with Gasteiger partial charge >= 0.3 is 0 Å². The lowest BCUT2D eigenvalue weighted by molar-refractivity contribution is -0.118. The van der Waals surface area contributed by atoms with E-state index in [2.05, 4.69) is 26.1 Å². The number of hydrogen-bond donors (Lipinski definition) is 1. The van der Waals surface area contributed by atoms with E-state index in [1.807, 2.05) is 31.2 Å². The number of hydrogen-bond acceptors (Lipinski definition) is 5. The van der Waals surface area contributed by atoms with E-state index in [4.69, 9.17) is 0 Å². The molecule has 92 valence electrons. The zero-order valence-corrected chi connectivity index (χ0v) is 10.0. The van der Waals surface area contributed by atoms with Gasteiger partial charge in [0.1, 0.15) is 6.33 Å². The van der Waals surface area contributed by atoms with E-state index in [0.717, 1.165) is 17.0 Å². The van der Waals surface area contributed by atoms with Crippen LogP contribution in [0.2, 0.25) is 0 Å². The van der Waals surface area contributed by atoms with Gasteiger partial charge in [0.15, 0.2) is 0 Å². The average molecular weight is 244 g/mol. The number of nitrogens with one attached hydrogen (secondary N) is 1. The molecule has 0 unspecified atom stereocenters. The molecule has 1 N–H and O–H groups in total. The number of aromatic nitrogens is 4. The van der Waals surface area contributed by atoms with Gasteiger partial charge in [0.25, 0.3) is 0 Å².